The van der Waals surface area contributed by atoms with Gasteiger partial charge in [0.05, 0.1) is 22.2 Å². The Labute approximate surface area is 189 Å². The van der Waals surface area contributed by atoms with Crippen molar-refractivity contribution < 1.29 is 27.9 Å². The summed E-state index contributed by atoms with van der Waals surface area (Å²) in [6, 6.07) is 4.20. The highest BCUT2D eigenvalue weighted by Gasteiger charge is 2.48. The molecule has 0 atom stereocenters. The molecule has 8 nitrogen and oxygen atoms in total. The first kappa shape index (κ1) is 22.0. The molecule has 2 aliphatic heterocycles. The van der Waals surface area contributed by atoms with Gasteiger partial charge in [-0.3, -0.25) is 14.4 Å². The third-order valence-corrected chi connectivity index (χ3v) is 5.62. The van der Waals surface area contributed by atoms with Crippen molar-refractivity contribution in [2.75, 3.05) is 11.6 Å². The minimum absolute atomic E-state index is 0.0178. The number of hydrazone groups is 1. The molecule has 12 heteroatoms. The summed E-state index contributed by atoms with van der Waals surface area (Å²) in [5, 5.41) is 13.5. The van der Waals surface area contributed by atoms with Gasteiger partial charge in [-0.2, -0.15) is 15.4 Å². The Morgan fingerprint density at radius 3 is 2.41 bits per heavy atom. The van der Waals surface area contributed by atoms with Crippen LogP contribution in [0, 0.1) is 17.2 Å². The van der Waals surface area contributed by atoms with E-state index in [1.807, 2.05) is 0 Å². The number of aliphatic imine (C=N–C) groups is 1. The Morgan fingerprint density at radius 2 is 1.81 bits per heavy atom. The van der Waals surface area contributed by atoms with Crippen molar-refractivity contribution >= 4 is 58.0 Å². The maximum atomic E-state index is 13.2. The van der Waals surface area contributed by atoms with Crippen molar-refractivity contribution in [2.45, 2.75) is 25.2 Å². The zero-order chi connectivity index (χ0) is 23.2. The summed E-state index contributed by atoms with van der Waals surface area (Å²) in [6.45, 7) is -0.251. The van der Waals surface area contributed by atoms with Gasteiger partial charge in [-0.05, 0) is 18.1 Å². The van der Waals surface area contributed by atoms with Crippen LogP contribution in [0.2, 0.25) is 10.0 Å². The largest absolute Gasteiger partial charge is 0.436 e. The molecule has 32 heavy (non-hydrogen) atoms. The fraction of sp³-hybridized carbons (Fsp3) is 0.300. The number of amides is 1. The summed E-state index contributed by atoms with van der Waals surface area (Å²) in [6.07, 6.45) is -0.0503. The molecule has 1 aromatic carbocycles. The summed E-state index contributed by atoms with van der Waals surface area (Å²) in [5.41, 5.74) is -0.115. The number of nitriles is 1. The Kier molecular flexibility index (Phi) is 5.56. The van der Waals surface area contributed by atoms with Crippen molar-refractivity contribution in [3.8, 4) is 11.8 Å². The lowest BCUT2D eigenvalue weighted by Gasteiger charge is -2.36. The van der Waals surface area contributed by atoms with Crippen LogP contribution in [0.5, 0.6) is 5.75 Å². The van der Waals surface area contributed by atoms with Gasteiger partial charge in [0.15, 0.2) is 11.5 Å². The highest BCUT2D eigenvalue weighted by molar-refractivity contribution is 6.50. The Balaban J connectivity index is 1.58. The number of hydrogen-bond donors (Lipinski definition) is 0. The number of halogens is 4. The van der Waals surface area contributed by atoms with E-state index < -0.39 is 48.5 Å². The Bertz CT molecular complexity index is 1170. The Morgan fingerprint density at radius 1 is 1.16 bits per heavy atom. The van der Waals surface area contributed by atoms with Gasteiger partial charge >= 0.3 is 0 Å². The van der Waals surface area contributed by atoms with Crippen LogP contribution in [0.1, 0.15) is 19.3 Å². The normalized spacial score (nSPS) is 20.8. The average Bonchev–Trinajstić information content (AvgIpc) is 2.70. The molecule has 3 aliphatic rings. The first-order valence-electron chi connectivity index (χ1n) is 9.27. The van der Waals surface area contributed by atoms with Gasteiger partial charge in [-0.15, -0.1) is 0 Å². The van der Waals surface area contributed by atoms with Gasteiger partial charge in [0.25, 0.3) is 5.91 Å². The second kappa shape index (κ2) is 8.07. The van der Waals surface area contributed by atoms with Gasteiger partial charge in [0, 0.05) is 24.5 Å². The van der Waals surface area contributed by atoms with E-state index in [0.29, 0.717) is 0 Å². The van der Waals surface area contributed by atoms with E-state index in [2.05, 4.69) is 10.1 Å². The molecule has 0 N–H and O–H groups in total. The zero-order valence-electron chi connectivity index (χ0n) is 16.1. The predicted octanol–water partition coefficient (Wildman–Crippen LogP) is 3.51. The molecule has 0 spiro atoms. The van der Waals surface area contributed by atoms with E-state index >= 15 is 0 Å². The van der Waals surface area contributed by atoms with Crippen LogP contribution < -0.4 is 9.75 Å². The first-order chi connectivity index (χ1) is 15.1. The van der Waals surface area contributed by atoms with Crippen molar-refractivity contribution in [3.63, 3.8) is 0 Å². The van der Waals surface area contributed by atoms with Crippen LogP contribution in [-0.2, 0) is 14.4 Å². The number of rotatable bonds is 3. The lowest BCUT2D eigenvalue weighted by molar-refractivity contribution is -0.124. The average molecular weight is 481 g/mol. The molecule has 0 bridgehead atoms. The highest BCUT2D eigenvalue weighted by atomic mass is 35.5. The van der Waals surface area contributed by atoms with E-state index in [1.54, 1.807) is 6.07 Å². The maximum absolute atomic E-state index is 13.2. The molecule has 164 valence electrons. The fourth-order valence-electron chi connectivity index (χ4n) is 3.45. The number of hydrogen-bond acceptors (Lipinski definition) is 7. The predicted molar refractivity (Wildman–Crippen MR) is 110 cm³/mol. The number of dihydropyridines is 1. The SMILES string of the molecule is N#CC1=NN(c2cc(Cl)c(OC3=NCC(=O)C(C4CC(F)(F)C4)=C3)c(Cl)c2)C(=O)CC1=O. The molecular formula is C20H12Cl2F2N4O4. The van der Waals surface area contributed by atoms with E-state index in [-0.39, 0.29) is 45.3 Å². The summed E-state index contributed by atoms with van der Waals surface area (Å²) in [4.78, 5) is 39.8. The maximum Gasteiger partial charge on any atom is 0.255 e. The summed E-state index contributed by atoms with van der Waals surface area (Å²) >= 11 is 12.5. The van der Waals surface area contributed by atoms with Crippen LogP contribution in [0.4, 0.5) is 14.5 Å². The second-order valence-electron chi connectivity index (χ2n) is 7.34. The number of carbonyl (C=O) groups is 3. The standard InChI is InChI=1S/C20H12Cl2F2N4O4/c21-12-1-10(28-18(31)4-15(29)14(7-25)27-28)2-13(22)19(12)32-17-3-11(16(30)8-26-17)9-5-20(23,24)6-9/h1-3,9H,4-6,8H2. The first-order valence-corrected chi connectivity index (χ1v) is 10.0. The minimum atomic E-state index is -2.78. The number of anilines is 1. The molecule has 0 unspecified atom stereocenters. The van der Waals surface area contributed by atoms with Crippen molar-refractivity contribution in [1.82, 2.24) is 0 Å². The number of alkyl halides is 2. The van der Waals surface area contributed by atoms with Crippen LogP contribution in [0.3, 0.4) is 0 Å². The molecule has 0 aromatic heterocycles. The number of Topliss-reactive ketones (excluding diaryl/α,β-unsaturated/α-hetero) is 2. The van der Waals surface area contributed by atoms with Crippen molar-refractivity contribution in [3.05, 3.63) is 33.8 Å². The molecule has 1 fully saturated rings. The molecule has 1 saturated carbocycles. The Hall–Kier alpha value is -3.16. The van der Waals surface area contributed by atoms with Crippen molar-refractivity contribution in [1.29, 1.82) is 5.26 Å². The molecular weight excluding hydrogens is 469 g/mol. The van der Waals surface area contributed by atoms with Crippen LogP contribution in [-0.4, -0.2) is 41.6 Å². The molecule has 2 heterocycles. The number of carbonyl (C=O) groups excluding carboxylic acids is 3. The molecule has 1 aromatic rings. The van der Waals surface area contributed by atoms with Gasteiger partial charge in [-0.1, -0.05) is 23.2 Å². The van der Waals surface area contributed by atoms with Crippen LogP contribution >= 0.6 is 23.2 Å². The van der Waals surface area contributed by atoms with Gasteiger partial charge < -0.3 is 4.74 Å². The third kappa shape index (κ3) is 4.13. The lowest BCUT2D eigenvalue weighted by Crippen LogP contribution is -2.39. The fourth-order valence-corrected chi connectivity index (χ4v) is 4.01. The van der Waals surface area contributed by atoms with Gasteiger partial charge in [0.2, 0.25) is 23.3 Å². The smallest absolute Gasteiger partial charge is 0.255 e. The summed E-state index contributed by atoms with van der Waals surface area (Å²) in [7, 11) is 0. The number of nitrogens with zero attached hydrogens (tertiary/aromatic N) is 4. The molecule has 0 saturated heterocycles. The highest BCUT2D eigenvalue weighted by Crippen LogP contribution is 2.46. The van der Waals surface area contributed by atoms with E-state index in [1.165, 1.54) is 18.2 Å². The zero-order valence-corrected chi connectivity index (χ0v) is 17.6. The van der Waals surface area contributed by atoms with Crippen molar-refractivity contribution in [2.24, 2.45) is 16.0 Å². The molecule has 0 radical (unpaired) electrons. The van der Waals surface area contributed by atoms with Crippen LogP contribution in [0.25, 0.3) is 0 Å². The van der Waals surface area contributed by atoms with E-state index in [0.717, 1.165) is 5.01 Å². The van der Waals surface area contributed by atoms with Gasteiger partial charge in [-0.25, -0.2) is 13.8 Å². The number of ketones is 2. The number of benzene rings is 1. The summed E-state index contributed by atoms with van der Waals surface area (Å²) < 4.78 is 32.0. The second-order valence-corrected chi connectivity index (χ2v) is 8.16. The quantitative estimate of drug-likeness (QED) is 0.614. The molecule has 1 amide bonds. The van der Waals surface area contributed by atoms with E-state index in [4.69, 9.17) is 33.2 Å². The van der Waals surface area contributed by atoms with Gasteiger partial charge in [0.1, 0.15) is 12.6 Å². The molecule has 4 rings (SSSR count). The van der Waals surface area contributed by atoms with Crippen LogP contribution in [0.15, 0.2) is 33.9 Å². The number of ether oxygens (including phenoxy) is 1. The summed E-state index contributed by atoms with van der Waals surface area (Å²) in [5.74, 6) is -5.12. The minimum Gasteiger partial charge on any atom is -0.436 e. The third-order valence-electron chi connectivity index (χ3n) is 5.06. The molecule has 1 aliphatic carbocycles. The van der Waals surface area contributed by atoms with E-state index in [9.17, 15) is 23.2 Å². The topological polar surface area (TPSA) is 112 Å². The lowest BCUT2D eigenvalue weighted by atomic mass is 9.74. The monoisotopic (exact) mass is 480 g/mol.